The van der Waals surface area contributed by atoms with E-state index in [-0.39, 0.29) is 11.9 Å². The number of anilines is 1. The van der Waals surface area contributed by atoms with E-state index in [0.717, 1.165) is 51.7 Å². The van der Waals surface area contributed by atoms with Crippen molar-refractivity contribution in [2.45, 2.75) is 19.4 Å². The summed E-state index contributed by atoms with van der Waals surface area (Å²) in [5, 5.41) is 3.12. The molecule has 2 N–H and O–H groups in total. The van der Waals surface area contributed by atoms with Crippen molar-refractivity contribution in [3.8, 4) is 22.6 Å². The summed E-state index contributed by atoms with van der Waals surface area (Å²) >= 11 is 0. The second-order valence-corrected chi connectivity index (χ2v) is 7.66. The van der Waals surface area contributed by atoms with Crippen molar-refractivity contribution in [1.82, 2.24) is 0 Å². The summed E-state index contributed by atoms with van der Waals surface area (Å²) in [6.45, 7) is 2.79. The number of amides is 1. The number of carbonyl (C=O) groups is 1. The lowest BCUT2D eigenvalue weighted by molar-refractivity contribution is -0.893. The average molecular weight is 420 g/mol. The van der Waals surface area contributed by atoms with Crippen molar-refractivity contribution < 1.29 is 19.2 Å². The molecule has 31 heavy (non-hydrogen) atoms. The Balaban J connectivity index is 1.63. The third-order valence-corrected chi connectivity index (χ3v) is 5.66. The van der Waals surface area contributed by atoms with E-state index in [1.807, 2.05) is 74.6 Å². The third-order valence-electron chi connectivity index (χ3n) is 5.66. The van der Waals surface area contributed by atoms with Gasteiger partial charge in [0.2, 0.25) is 0 Å². The fourth-order valence-electron chi connectivity index (χ4n) is 3.52. The van der Waals surface area contributed by atoms with Gasteiger partial charge in [-0.25, -0.2) is 0 Å². The lowest BCUT2D eigenvalue weighted by Gasteiger charge is -2.22. The number of nitrogens with one attached hydrogen (secondary N) is 2. The van der Waals surface area contributed by atoms with E-state index < -0.39 is 0 Å². The molecule has 5 heteroatoms. The van der Waals surface area contributed by atoms with Gasteiger partial charge in [0, 0.05) is 17.7 Å². The van der Waals surface area contributed by atoms with Crippen LogP contribution in [0, 0.1) is 0 Å². The molecule has 1 unspecified atom stereocenters. The molecule has 3 rings (SSSR count). The second kappa shape index (κ2) is 10.6. The largest absolute Gasteiger partial charge is 0.493 e. The molecule has 0 aliphatic carbocycles. The van der Waals surface area contributed by atoms with Gasteiger partial charge in [0.25, 0.3) is 5.91 Å². The highest BCUT2D eigenvalue weighted by molar-refractivity contribution is 5.97. The monoisotopic (exact) mass is 419 g/mol. The van der Waals surface area contributed by atoms with Crippen LogP contribution < -0.4 is 19.7 Å². The van der Waals surface area contributed by atoms with Crippen molar-refractivity contribution in [3.05, 3.63) is 78.4 Å². The molecule has 1 amide bonds. The molecule has 0 aliphatic rings. The minimum Gasteiger partial charge on any atom is -0.493 e. The maximum absolute atomic E-state index is 13.0. The number of benzene rings is 3. The van der Waals surface area contributed by atoms with Crippen LogP contribution in [0.25, 0.3) is 11.1 Å². The van der Waals surface area contributed by atoms with Crippen LogP contribution >= 0.6 is 0 Å². The van der Waals surface area contributed by atoms with Gasteiger partial charge in [0.05, 0.1) is 27.8 Å². The molecule has 5 nitrogen and oxygen atoms in total. The molecule has 0 bridgehead atoms. The van der Waals surface area contributed by atoms with Crippen molar-refractivity contribution in [2.24, 2.45) is 0 Å². The Bertz CT molecular complexity index is 1000. The third kappa shape index (κ3) is 5.64. The number of quaternary nitrogens is 1. The number of hydrogen-bond donors (Lipinski definition) is 2. The molecule has 0 spiro atoms. The molecule has 0 saturated heterocycles. The number of carbonyl (C=O) groups excluding carboxylic acids is 1. The highest BCUT2D eigenvalue weighted by Crippen LogP contribution is 2.28. The first-order valence-corrected chi connectivity index (χ1v) is 10.5. The van der Waals surface area contributed by atoms with Gasteiger partial charge in [-0.3, -0.25) is 4.79 Å². The Morgan fingerprint density at radius 1 is 0.935 bits per heavy atom. The van der Waals surface area contributed by atoms with Gasteiger partial charge >= 0.3 is 0 Å². The van der Waals surface area contributed by atoms with Crippen LogP contribution in [0.3, 0.4) is 0 Å². The molecule has 0 radical (unpaired) electrons. The molecule has 2 atom stereocenters. The van der Waals surface area contributed by atoms with E-state index in [9.17, 15) is 4.79 Å². The predicted molar refractivity (Wildman–Crippen MR) is 125 cm³/mol. The lowest BCUT2D eigenvalue weighted by atomic mass is 10.0. The summed E-state index contributed by atoms with van der Waals surface area (Å²) in [6, 6.07) is 23.8. The quantitative estimate of drug-likeness (QED) is 0.559. The first kappa shape index (κ1) is 22.4. The topological polar surface area (TPSA) is 52.0 Å². The van der Waals surface area contributed by atoms with Gasteiger partial charge in [-0.05, 0) is 36.2 Å². The molecule has 0 heterocycles. The first-order chi connectivity index (χ1) is 15.0. The first-order valence-electron chi connectivity index (χ1n) is 10.5. The number of rotatable bonds is 9. The minimum absolute atomic E-state index is 0.00759. The number of likely N-dealkylation sites (N-methyl/N-ethyl adjacent to an activating group) is 1. The summed E-state index contributed by atoms with van der Waals surface area (Å²) in [4.78, 5) is 14.1. The molecule has 162 valence electrons. The van der Waals surface area contributed by atoms with Gasteiger partial charge in [-0.2, -0.15) is 0 Å². The summed E-state index contributed by atoms with van der Waals surface area (Å²) < 4.78 is 10.7. The summed E-state index contributed by atoms with van der Waals surface area (Å²) in [7, 11) is 5.32. The van der Waals surface area contributed by atoms with E-state index in [4.69, 9.17) is 9.47 Å². The van der Waals surface area contributed by atoms with Crippen LogP contribution in [0.1, 0.15) is 12.5 Å². The smallest absolute Gasteiger partial charge is 0.282 e. The molecule has 3 aromatic rings. The van der Waals surface area contributed by atoms with E-state index in [0.29, 0.717) is 0 Å². The predicted octanol–water partition coefficient (Wildman–Crippen LogP) is 3.46. The zero-order chi connectivity index (χ0) is 22.2. The van der Waals surface area contributed by atoms with Crippen LogP contribution in [0.2, 0.25) is 0 Å². The average Bonchev–Trinajstić information content (AvgIpc) is 2.82. The normalized spacial score (nSPS) is 12.6. The van der Waals surface area contributed by atoms with Crippen LogP contribution in [-0.4, -0.2) is 39.8 Å². The Morgan fingerprint density at radius 3 is 2.32 bits per heavy atom. The Morgan fingerprint density at radius 2 is 1.61 bits per heavy atom. The molecule has 0 aromatic heterocycles. The van der Waals surface area contributed by atoms with Crippen LogP contribution in [-0.2, 0) is 11.2 Å². The van der Waals surface area contributed by atoms with Crippen LogP contribution in [0.5, 0.6) is 11.5 Å². The van der Waals surface area contributed by atoms with Gasteiger partial charge in [0.15, 0.2) is 17.5 Å². The fourth-order valence-corrected chi connectivity index (χ4v) is 3.52. The van der Waals surface area contributed by atoms with Gasteiger partial charge in [0.1, 0.15) is 0 Å². The number of hydrogen-bond acceptors (Lipinski definition) is 3. The minimum atomic E-state index is -0.191. The summed E-state index contributed by atoms with van der Waals surface area (Å²) in [6.07, 6.45) is 0.838. The van der Waals surface area contributed by atoms with Crippen molar-refractivity contribution >= 4 is 11.6 Å². The maximum atomic E-state index is 13.0. The van der Waals surface area contributed by atoms with Crippen molar-refractivity contribution in [1.29, 1.82) is 0 Å². The fraction of sp³-hybridized carbons (Fsp3) is 0.269. The molecule has 0 aliphatic heterocycles. The molecule has 0 fully saturated rings. The summed E-state index contributed by atoms with van der Waals surface area (Å²) in [5.41, 5.74) is 4.09. The second-order valence-electron chi connectivity index (χ2n) is 7.66. The van der Waals surface area contributed by atoms with E-state index in [2.05, 4.69) is 17.4 Å². The van der Waals surface area contributed by atoms with E-state index in [1.54, 1.807) is 14.2 Å². The number of ether oxygens (including phenoxy) is 2. The van der Waals surface area contributed by atoms with Gasteiger partial charge in [-0.1, -0.05) is 54.6 Å². The van der Waals surface area contributed by atoms with E-state index in [1.165, 1.54) is 0 Å². The standard InChI is InChI=1S/C26H30N2O3/c1-19(28(2)17-16-20-14-15-24(30-3)25(18-20)31-4)26(29)27-23-13-9-8-12-22(23)21-10-6-5-7-11-21/h5-15,18-19H,16-17H2,1-4H3,(H,27,29)/p+1/t19-/m0/s1. The van der Waals surface area contributed by atoms with Gasteiger partial charge < -0.3 is 19.7 Å². The van der Waals surface area contributed by atoms with E-state index >= 15 is 0 Å². The zero-order valence-corrected chi connectivity index (χ0v) is 18.6. The Labute approximate surface area is 184 Å². The Hall–Kier alpha value is -3.31. The van der Waals surface area contributed by atoms with Crippen molar-refractivity contribution in [2.75, 3.05) is 33.1 Å². The number of para-hydroxylation sites is 1. The van der Waals surface area contributed by atoms with Crippen LogP contribution in [0.4, 0.5) is 5.69 Å². The van der Waals surface area contributed by atoms with Crippen molar-refractivity contribution in [3.63, 3.8) is 0 Å². The maximum Gasteiger partial charge on any atom is 0.282 e. The molecule has 3 aromatic carbocycles. The molecule has 0 saturated carbocycles. The highest BCUT2D eigenvalue weighted by Gasteiger charge is 2.22. The lowest BCUT2D eigenvalue weighted by Crippen LogP contribution is -3.14. The molecular weight excluding hydrogens is 388 g/mol. The number of methoxy groups -OCH3 is 2. The highest BCUT2D eigenvalue weighted by atomic mass is 16.5. The van der Waals surface area contributed by atoms with Gasteiger partial charge in [-0.15, -0.1) is 0 Å². The molecular formula is C26H31N2O3+. The van der Waals surface area contributed by atoms with Crippen LogP contribution in [0.15, 0.2) is 72.8 Å². The Kier molecular flexibility index (Phi) is 7.68. The zero-order valence-electron chi connectivity index (χ0n) is 18.6. The SMILES string of the molecule is COc1ccc(CC[NH+](C)[C@@H](C)C(=O)Nc2ccccc2-c2ccccc2)cc1OC. The summed E-state index contributed by atoms with van der Waals surface area (Å²) in [5.74, 6) is 1.45.